The number of nitrogens with one attached hydrogen (secondary N) is 4. The van der Waals surface area contributed by atoms with Crippen LogP contribution in [0.15, 0.2) is 4.99 Å². The van der Waals surface area contributed by atoms with Crippen molar-refractivity contribution in [3.8, 4) is 0 Å². The van der Waals surface area contributed by atoms with E-state index in [-0.39, 0.29) is 35.7 Å². The fourth-order valence-electron chi connectivity index (χ4n) is 3.03. The molecule has 0 bridgehead atoms. The van der Waals surface area contributed by atoms with Crippen molar-refractivity contribution in [2.24, 2.45) is 16.8 Å². The fourth-order valence-corrected chi connectivity index (χ4v) is 3.03. The molecular weight excluding hydrogens is 330 g/mol. The molecule has 0 aromatic rings. The third kappa shape index (κ3) is 8.54. The molecule has 2 atom stereocenters. The molecule has 1 fully saturated rings. The molecule has 2 unspecified atom stereocenters. The SMILES string of the molecule is CCNC(=NCCNC(=O)C(C)C)NC1CCCC(C(=O)NC(C)C)C1. The van der Waals surface area contributed by atoms with Gasteiger partial charge >= 0.3 is 0 Å². The summed E-state index contributed by atoms with van der Waals surface area (Å²) < 4.78 is 0. The number of aliphatic imine (C=N–C) groups is 1. The van der Waals surface area contributed by atoms with Gasteiger partial charge in [-0.05, 0) is 40.0 Å². The molecule has 150 valence electrons. The Kier molecular flexibility index (Phi) is 10.1. The van der Waals surface area contributed by atoms with Crippen LogP contribution in [0.4, 0.5) is 0 Å². The van der Waals surface area contributed by atoms with E-state index < -0.39 is 0 Å². The summed E-state index contributed by atoms with van der Waals surface area (Å²) in [5.74, 6) is 1.01. The normalized spacial score (nSPS) is 20.8. The standard InChI is InChI=1S/C19H37N5O2/c1-6-20-19(22-11-10-21-17(25)13(2)3)24-16-9-7-8-15(12-16)18(26)23-14(4)5/h13-16H,6-12H2,1-5H3,(H,21,25)(H,23,26)(H2,20,22,24). The Hall–Kier alpha value is -1.79. The third-order valence-electron chi connectivity index (χ3n) is 4.37. The molecule has 4 N–H and O–H groups in total. The zero-order valence-electron chi connectivity index (χ0n) is 17.0. The van der Waals surface area contributed by atoms with Gasteiger partial charge in [0.2, 0.25) is 11.8 Å². The van der Waals surface area contributed by atoms with E-state index in [9.17, 15) is 9.59 Å². The van der Waals surface area contributed by atoms with Gasteiger partial charge < -0.3 is 21.3 Å². The van der Waals surface area contributed by atoms with Gasteiger partial charge in [0.25, 0.3) is 0 Å². The van der Waals surface area contributed by atoms with Gasteiger partial charge in [-0.1, -0.05) is 20.3 Å². The molecule has 1 aliphatic rings. The zero-order chi connectivity index (χ0) is 19.5. The second-order valence-electron chi connectivity index (χ2n) is 7.57. The molecule has 0 aromatic heterocycles. The number of rotatable bonds is 8. The minimum absolute atomic E-state index is 0.0125. The van der Waals surface area contributed by atoms with E-state index in [0.717, 1.165) is 38.2 Å². The number of amides is 2. The predicted molar refractivity (Wildman–Crippen MR) is 106 cm³/mol. The van der Waals surface area contributed by atoms with Gasteiger partial charge in [-0.25, -0.2) is 0 Å². The molecule has 2 amide bonds. The lowest BCUT2D eigenvalue weighted by atomic mass is 9.85. The number of hydrogen-bond donors (Lipinski definition) is 4. The first-order chi connectivity index (χ1) is 12.3. The number of carbonyl (C=O) groups is 2. The Labute approximate surface area is 158 Å². The zero-order valence-corrected chi connectivity index (χ0v) is 17.0. The summed E-state index contributed by atoms with van der Waals surface area (Å²) in [6.45, 7) is 11.6. The van der Waals surface area contributed by atoms with Crippen LogP contribution in [0.25, 0.3) is 0 Å². The largest absolute Gasteiger partial charge is 0.357 e. The van der Waals surface area contributed by atoms with Crippen molar-refractivity contribution in [1.82, 2.24) is 21.3 Å². The van der Waals surface area contributed by atoms with Gasteiger partial charge in [0.15, 0.2) is 5.96 Å². The van der Waals surface area contributed by atoms with E-state index in [2.05, 4.69) is 26.3 Å². The minimum atomic E-state index is -0.0125. The van der Waals surface area contributed by atoms with Crippen LogP contribution in [0.3, 0.4) is 0 Å². The Balaban J connectivity index is 2.50. The second kappa shape index (κ2) is 11.8. The summed E-state index contributed by atoms with van der Waals surface area (Å²) >= 11 is 0. The quantitative estimate of drug-likeness (QED) is 0.296. The lowest BCUT2D eigenvalue weighted by Crippen LogP contribution is -2.47. The van der Waals surface area contributed by atoms with Crippen molar-refractivity contribution in [3.05, 3.63) is 0 Å². The molecular formula is C19H37N5O2. The maximum atomic E-state index is 12.3. The van der Waals surface area contributed by atoms with Crippen molar-refractivity contribution < 1.29 is 9.59 Å². The maximum Gasteiger partial charge on any atom is 0.223 e. The first-order valence-corrected chi connectivity index (χ1v) is 9.96. The minimum Gasteiger partial charge on any atom is -0.357 e. The predicted octanol–water partition coefficient (Wildman–Crippen LogP) is 1.40. The van der Waals surface area contributed by atoms with Crippen LogP contribution >= 0.6 is 0 Å². The van der Waals surface area contributed by atoms with E-state index >= 15 is 0 Å². The van der Waals surface area contributed by atoms with E-state index in [4.69, 9.17) is 0 Å². The fraction of sp³-hybridized carbons (Fsp3) is 0.842. The molecule has 0 saturated heterocycles. The maximum absolute atomic E-state index is 12.3. The van der Waals surface area contributed by atoms with Crippen LogP contribution in [0, 0.1) is 11.8 Å². The molecule has 0 spiro atoms. The van der Waals surface area contributed by atoms with Crippen molar-refractivity contribution in [2.45, 2.75) is 72.4 Å². The first kappa shape index (κ1) is 22.3. The molecule has 1 aliphatic carbocycles. The number of carbonyl (C=O) groups excluding carboxylic acids is 2. The van der Waals surface area contributed by atoms with Crippen molar-refractivity contribution in [2.75, 3.05) is 19.6 Å². The van der Waals surface area contributed by atoms with Crippen LogP contribution < -0.4 is 21.3 Å². The Morgan fingerprint density at radius 3 is 2.46 bits per heavy atom. The highest BCUT2D eigenvalue weighted by Crippen LogP contribution is 2.24. The summed E-state index contributed by atoms with van der Waals surface area (Å²) in [6, 6.07) is 0.422. The van der Waals surface area contributed by atoms with Crippen molar-refractivity contribution in [3.63, 3.8) is 0 Å². The molecule has 26 heavy (non-hydrogen) atoms. The topological polar surface area (TPSA) is 94.6 Å². The Morgan fingerprint density at radius 1 is 1.12 bits per heavy atom. The molecule has 0 aliphatic heterocycles. The smallest absolute Gasteiger partial charge is 0.223 e. The molecule has 0 aromatic carbocycles. The van der Waals surface area contributed by atoms with Gasteiger partial charge in [-0.2, -0.15) is 0 Å². The summed E-state index contributed by atoms with van der Waals surface area (Å²) in [6.07, 6.45) is 3.86. The molecule has 0 radical (unpaired) electrons. The highest BCUT2D eigenvalue weighted by molar-refractivity contribution is 5.81. The van der Waals surface area contributed by atoms with Crippen LogP contribution in [0.2, 0.25) is 0 Å². The van der Waals surface area contributed by atoms with Gasteiger partial charge in [0.1, 0.15) is 0 Å². The van der Waals surface area contributed by atoms with Crippen molar-refractivity contribution in [1.29, 1.82) is 0 Å². The van der Waals surface area contributed by atoms with Crippen LogP contribution in [-0.4, -0.2) is 49.5 Å². The summed E-state index contributed by atoms with van der Waals surface area (Å²) in [7, 11) is 0. The van der Waals surface area contributed by atoms with Gasteiger partial charge in [-0.15, -0.1) is 0 Å². The van der Waals surface area contributed by atoms with Gasteiger partial charge in [0.05, 0.1) is 6.54 Å². The summed E-state index contributed by atoms with van der Waals surface area (Å²) in [4.78, 5) is 28.4. The van der Waals surface area contributed by atoms with Gasteiger partial charge in [-0.3, -0.25) is 14.6 Å². The molecule has 7 nitrogen and oxygen atoms in total. The number of nitrogens with zero attached hydrogens (tertiary/aromatic N) is 1. The molecule has 7 heteroatoms. The number of hydrogen-bond acceptors (Lipinski definition) is 3. The monoisotopic (exact) mass is 367 g/mol. The lowest BCUT2D eigenvalue weighted by molar-refractivity contribution is -0.126. The molecule has 0 heterocycles. The number of guanidine groups is 1. The van der Waals surface area contributed by atoms with E-state index in [1.165, 1.54) is 0 Å². The van der Waals surface area contributed by atoms with Crippen LogP contribution in [0.1, 0.15) is 60.3 Å². The van der Waals surface area contributed by atoms with Crippen molar-refractivity contribution >= 4 is 17.8 Å². The average molecular weight is 368 g/mol. The van der Waals surface area contributed by atoms with E-state index in [1.54, 1.807) is 0 Å². The van der Waals surface area contributed by atoms with E-state index in [0.29, 0.717) is 13.1 Å². The second-order valence-corrected chi connectivity index (χ2v) is 7.57. The summed E-state index contributed by atoms with van der Waals surface area (Å²) in [5.41, 5.74) is 0. The highest BCUT2D eigenvalue weighted by atomic mass is 16.2. The Bertz CT molecular complexity index is 477. The Morgan fingerprint density at radius 2 is 1.85 bits per heavy atom. The highest BCUT2D eigenvalue weighted by Gasteiger charge is 2.27. The third-order valence-corrected chi connectivity index (χ3v) is 4.37. The van der Waals surface area contributed by atoms with E-state index in [1.807, 2.05) is 34.6 Å². The average Bonchev–Trinajstić information content (AvgIpc) is 2.58. The van der Waals surface area contributed by atoms with Crippen LogP contribution in [-0.2, 0) is 9.59 Å². The van der Waals surface area contributed by atoms with Gasteiger partial charge in [0, 0.05) is 37.0 Å². The molecule has 1 saturated carbocycles. The first-order valence-electron chi connectivity index (χ1n) is 9.96. The lowest BCUT2D eigenvalue weighted by Gasteiger charge is -2.30. The summed E-state index contributed by atoms with van der Waals surface area (Å²) in [5, 5.41) is 12.6. The van der Waals surface area contributed by atoms with Crippen LogP contribution in [0.5, 0.6) is 0 Å². The molecule has 1 rings (SSSR count).